The van der Waals surface area contributed by atoms with E-state index in [1.54, 1.807) is 7.05 Å². The predicted molar refractivity (Wildman–Crippen MR) is 126 cm³/mol. The van der Waals surface area contributed by atoms with Gasteiger partial charge in [-0.05, 0) is 61.7 Å². The zero-order chi connectivity index (χ0) is 21.8. The SMILES string of the molecule is Cc1ccc(NC(=O)CSc2nc(C)c(Cc3ccc(Br)cc3)c(=O)n2C)cc1C. The maximum absolute atomic E-state index is 12.9. The zero-order valence-electron chi connectivity index (χ0n) is 17.5. The van der Waals surface area contributed by atoms with Gasteiger partial charge in [-0.3, -0.25) is 14.2 Å². The van der Waals surface area contributed by atoms with Gasteiger partial charge in [-0.2, -0.15) is 0 Å². The van der Waals surface area contributed by atoms with Crippen LogP contribution in [-0.2, 0) is 18.3 Å². The number of amides is 1. The molecule has 7 heteroatoms. The summed E-state index contributed by atoms with van der Waals surface area (Å²) in [6.45, 7) is 5.89. The fraction of sp³-hybridized carbons (Fsp3) is 0.261. The summed E-state index contributed by atoms with van der Waals surface area (Å²) in [5.41, 5.74) is 5.41. The minimum absolute atomic E-state index is 0.0810. The van der Waals surface area contributed by atoms with Crippen LogP contribution in [0.2, 0.25) is 0 Å². The molecule has 0 aliphatic carbocycles. The minimum Gasteiger partial charge on any atom is -0.325 e. The number of anilines is 1. The highest BCUT2D eigenvalue weighted by Gasteiger charge is 2.14. The summed E-state index contributed by atoms with van der Waals surface area (Å²) in [4.78, 5) is 29.8. The first-order valence-electron chi connectivity index (χ1n) is 9.55. The minimum atomic E-state index is -0.130. The molecule has 0 saturated heterocycles. The molecule has 0 fully saturated rings. The topological polar surface area (TPSA) is 64.0 Å². The molecule has 30 heavy (non-hydrogen) atoms. The first kappa shape index (κ1) is 22.3. The van der Waals surface area contributed by atoms with Crippen molar-refractivity contribution in [1.82, 2.24) is 9.55 Å². The summed E-state index contributed by atoms with van der Waals surface area (Å²) < 4.78 is 2.52. The molecular weight excluding hydrogens is 462 g/mol. The summed E-state index contributed by atoms with van der Waals surface area (Å²) in [5.74, 6) is 0.0488. The number of carbonyl (C=O) groups is 1. The Morgan fingerprint density at radius 2 is 1.80 bits per heavy atom. The van der Waals surface area contributed by atoms with Crippen LogP contribution in [0.15, 0.2) is 56.9 Å². The number of hydrogen-bond acceptors (Lipinski definition) is 4. The third-order valence-electron chi connectivity index (χ3n) is 4.97. The van der Waals surface area contributed by atoms with E-state index in [9.17, 15) is 9.59 Å². The van der Waals surface area contributed by atoms with Gasteiger partial charge in [0.1, 0.15) is 0 Å². The Labute approximate surface area is 189 Å². The average molecular weight is 486 g/mol. The number of aromatic nitrogens is 2. The molecule has 1 aromatic heterocycles. The van der Waals surface area contributed by atoms with Gasteiger partial charge in [0.05, 0.1) is 5.75 Å². The van der Waals surface area contributed by atoms with Crippen LogP contribution in [0.3, 0.4) is 0 Å². The second kappa shape index (κ2) is 9.62. The lowest BCUT2D eigenvalue weighted by molar-refractivity contribution is -0.113. The molecule has 5 nitrogen and oxygen atoms in total. The van der Waals surface area contributed by atoms with Crippen LogP contribution in [0.1, 0.15) is 27.9 Å². The molecule has 0 aliphatic heterocycles. The largest absolute Gasteiger partial charge is 0.325 e. The maximum Gasteiger partial charge on any atom is 0.257 e. The van der Waals surface area contributed by atoms with Crippen molar-refractivity contribution >= 4 is 39.3 Å². The summed E-state index contributed by atoms with van der Waals surface area (Å²) in [5, 5.41) is 3.43. The number of benzene rings is 2. The molecule has 0 atom stereocenters. The molecule has 3 rings (SSSR count). The highest BCUT2D eigenvalue weighted by Crippen LogP contribution is 2.19. The predicted octanol–water partition coefficient (Wildman–Crippen LogP) is 4.79. The molecule has 1 N–H and O–H groups in total. The van der Waals surface area contributed by atoms with E-state index in [2.05, 4.69) is 26.2 Å². The zero-order valence-corrected chi connectivity index (χ0v) is 19.9. The molecule has 0 spiro atoms. The van der Waals surface area contributed by atoms with E-state index in [0.29, 0.717) is 22.8 Å². The van der Waals surface area contributed by atoms with Gasteiger partial charge in [0.2, 0.25) is 5.91 Å². The standard InChI is InChI=1S/C23H24BrN3O2S/c1-14-5-10-19(11-15(14)2)26-21(28)13-30-23-25-16(3)20(22(29)27(23)4)12-17-6-8-18(24)9-7-17/h5-11H,12-13H2,1-4H3,(H,26,28). The van der Waals surface area contributed by atoms with Crippen LogP contribution in [0.25, 0.3) is 0 Å². The van der Waals surface area contributed by atoms with E-state index >= 15 is 0 Å². The first-order chi connectivity index (χ1) is 14.2. The number of thioether (sulfide) groups is 1. The molecule has 0 radical (unpaired) electrons. The molecule has 0 aliphatic rings. The lowest BCUT2D eigenvalue weighted by Gasteiger charge is -2.12. The Morgan fingerprint density at radius 3 is 2.47 bits per heavy atom. The van der Waals surface area contributed by atoms with Crippen LogP contribution < -0.4 is 10.9 Å². The number of aryl methyl sites for hydroxylation is 3. The quantitative estimate of drug-likeness (QED) is 0.402. The molecule has 2 aromatic carbocycles. The van der Waals surface area contributed by atoms with Gasteiger partial charge in [0.25, 0.3) is 5.56 Å². The number of halogens is 1. The van der Waals surface area contributed by atoms with Crippen molar-refractivity contribution in [2.45, 2.75) is 32.3 Å². The Kier molecular flexibility index (Phi) is 7.15. The number of carbonyl (C=O) groups excluding carboxylic acids is 1. The van der Waals surface area contributed by atoms with Crippen LogP contribution >= 0.6 is 27.7 Å². The molecule has 1 amide bonds. The summed E-state index contributed by atoms with van der Waals surface area (Å²) in [6.07, 6.45) is 0.525. The van der Waals surface area contributed by atoms with Crippen LogP contribution in [-0.4, -0.2) is 21.2 Å². The monoisotopic (exact) mass is 485 g/mol. The molecule has 1 heterocycles. The van der Waals surface area contributed by atoms with Gasteiger partial charge >= 0.3 is 0 Å². The summed E-state index contributed by atoms with van der Waals surface area (Å²) in [6, 6.07) is 13.7. The second-order valence-corrected chi connectivity index (χ2v) is 9.12. The molecule has 156 valence electrons. The summed E-state index contributed by atoms with van der Waals surface area (Å²) in [7, 11) is 1.70. The fourth-order valence-electron chi connectivity index (χ4n) is 3.02. The highest BCUT2D eigenvalue weighted by molar-refractivity contribution is 9.10. The Morgan fingerprint density at radius 1 is 1.10 bits per heavy atom. The van der Waals surface area contributed by atoms with Gasteiger partial charge in [0.15, 0.2) is 5.16 Å². The van der Waals surface area contributed by atoms with E-state index in [0.717, 1.165) is 21.3 Å². The molecule has 0 saturated carbocycles. The summed E-state index contributed by atoms with van der Waals surface area (Å²) >= 11 is 4.68. The number of nitrogens with one attached hydrogen (secondary N) is 1. The van der Waals surface area contributed by atoms with E-state index < -0.39 is 0 Å². The van der Waals surface area contributed by atoms with E-state index in [1.165, 1.54) is 21.9 Å². The number of nitrogens with zero attached hydrogens (tertiary/aromatic N) is 2. The van der Waals surface area contributed by atoms with Gasteiger partial charge in [-0.1, -0.05) is 45.9 Å². The first-order valence-corrected chi connectivity index (χ1v) is 11.3. The average Bonchev–Trinajstić information content (AvgIpc) is 2.71. The van der Waals surface area contributed by atoms with Crippen molar-refractivity contribution in [2.75, 3.05) is 11.1 Å². The second-order valence-electron chi connectivity index (χ2n) is 7.26. The van der Waals surface area contributed by atoms with Crippen molar-refractivity contribution in [3.8, 4) is 0 Å². The molecule has 0 bridgehead atoms. The van der Waals surface area contributed by atoms with Crippen LogP contribution in [0, 0.1) is 20.8 Å². The van der Waals surface area contributed by atoms with E-state index in [4.69, 9.17) is 0 Å². The number of hydrogen-bond donors (Lipinski definition) is 1. The maximum atomic E-state index is 12.9. The van der Waals surface area contributed by atoms with Crippen molar-refractivity contribution in [1.29, 1.82) is 0 Å². The van der Waals surface area contributed by atoms with Gasteiger partial charge < -0.3 is 5.32 Å². The Bertz CT molecular complexity index is 1140. The van der Waals surface area contributed by atoms with E-state index in [1.807, 2.05) is 63.2 Å². The number of rotatable bonds is 6. The van der Waals surface area contributed by atoms with Crippen molar-refractivity contribution in [3.05, 3.63) is 85.2 Å². The Balaban J connectivity index is 1.70. The molecule has 0 unspecified atom stereocenters. The highest BCUT2D eigenvalue weighted by atomic mass is 79.9. The van der Waals surface area contributed by atoms with Crippen LogP contribution in [0.4, 0.5) is 5.69 Å². The van der Waals surface area contributed by atoms with Gasteiger partial charge in [-0.15, -0.1) is 0 Å². The van der Waals surface area contributed by atoms with Crippen LogP contribution in [0.5, 0.6) is 0 Å². The molecular formula is C23H24BrN3O2S. The normalized spacial score (nSPS) is 10.8. The Hall–Kier alpha value is -2.38. The lowest BCUT2D eigenvalue weighted by atomic mass is 10.1. The third-order valence-corrected chi connectivity index (χ3v) is 6.53. The van der Waals surface area contributed by atoms with Crippen molar-refractivity contribution in [2.24, 2.45) is 7.05 Å². The molecule has 3 aromatic rings. The van der Waals surface area contributed by atoms with Crippen molar-refractivity contribution < 1.29 is 4.79 Å². The van der Waals surface area contributed by atoms with Gasteiger partial charge in [-0.25, -0.2) is 4.98 Å². The van der Waals surface area contributed by atoms with E-state index in [-0.39, 0.29) is 17.2 Å². The fourth-order valence-corrected chi connectivity index (χ4v) is 4.09. The third kappa shape index (κ3) is 5.40. The van der Waals surface area contributed by atoms with Crippen molar-refractivity contribution in [3.63, 3.8) is 0 Å². The van der Waals surface area contributed by atoms with Gasteiger partial charge in [0, 0.05) is 34.9 Å². The smallest absolute Gasteiger partial charge is 0.257 e. The lowest BCUT2D eigenvalue weighted by Crippen LogP contribution is -2.26.